The first-order valence-electron chi connectivity index (χ1n) is 6.59. The van der Waals surface area contributed by atoms with Crippen molar-refractivity contribution in [1.29, 1.82) is 0 Å². The number of benzene rings is 1. The van der Waals surface area contributed by atoms with Crippen LogP contribution in [0.2, 0.25) is 0 Å². The fraction of sp³-hybridized carbons (Fsp3) is 0.600. The van der Waals surface area contributed by atoms with Gasteiger partial charge >= 0.3 is 0 Å². The van der Waals surface area contributed by atoms with Gasteiger partial charge in [-0.2, -0.15) is 0 Å². The second-order valence-electron chi connectivity index (χ2n) is 4.76. The molecule has 0 aliphatic heterocycles. The zero-order valence-corrected chi connectivity index (χ0v) is 12.0. The van der Waals surface area contributed by atoms with Crippen molar-refractivity contribution < 1.29 is 9.47 Å². The number of nitrogens with two attached hydrogens (primary N) is 1. The van der Waals surface area contributed by atoms with Crippen molar-refractivity contribution in [1.82, 2.24) is 0 Å². The number of hydrogen-bond donors (Lipinski definition) is 1. The average Bonchev–Trinajstić information content (AvgIpc) is 2.37. The highest BCUT2D eigenvalue weighted by molar-refractivity contribution is 5.50. The van der Waals surface area contributed by atoms with Crippen molar-refractivity contribution in [2.24, 2.45) is 5.73 Å². The Bertz CT molecular complexity index is 375. The molecule has 0 fully saturated rings. The van der Waals surface area contributed by atoms with E-state index < -0.39 is 0 Å². The molecule has 0 heterocycles. The van der Waals surface area contributed by atoms with Gasteiger partial charge in [-0.1, -0.05) is 13.8 Å². The van der Waals surface area contributed by atoms with Gasteiger partial charge in [-0.15, -0.1) is 0 Å². The molecule has 1 aromatic carbocycles. The second-order valence-corrected chi connectivity index (χ2v) is 4.76. The molecule has 0 radical (unpaired) electrons. The Morgan fingerprint density at radius 2 is 1.67 bits per heavy atom. The third-order valence-corrected chi connectivity index (χ3v) is 3.17. The Balaban J connectivity index is 3.14. The molecule has 3 heteroatoms. The van der Waals surface area contributed by atoms with Crippen molar-refractivity contribution in [3.63, 3.8) is 0 Å². The first-order chi connectivity index (χ1) is 8.65. The highest BCUT2D eigenvalue weighted by Crippen LogP contribution is 2.36. The first kappa shape index (κ1) is 14.8. The van der Waals surface area contributed by atoms with Crippen LogP contribution in [0.3, 0.4) is 0 Å². The summed E-state index contributed by atoms with van der Waals surface area (Å²) in [5, 5.41) is 0. The van der Waals surface area contributed by atoms with Gasteiger partial charge in [0, 0.05) is 11.1 Å². The summed E-state index contributed by atoms with van der Waals surface area (Å²) in [5.74, 6) is 2.33. The Labute approximate surface area is 110 Å². The zero-order valence-electron chi connectivity index (χ0n) is 12.0. The van der Waals surface area contributed by atoms with Gasteiger partial charge in [0.25, 0.3) is 0 Å². The summed E-state index contributed by atoms with van der Waals surface area (Å²) in [5.41, 5.74) is 8.08. The SMILES string of the molecule is COc1ccc(OC)c(C(C)C)c1CCCCN. The number of methoxy groups -OCH3 is 2. The highest BCUT2D eigenvalue weighted by Gasteiger charge is 2.17. The lowest BCUT2D eigenvalue weighted by Gasteiger charge is -2.19. The molecule has 0 aliphatic rings. The summed E-state index contributed by atoms with van der Waals surface area (Å²) in [4.78, 5) is 0. The predicted octanol–water partition coefficient (Wildman–Crippen LogP) is 3.11. The van der Waals surface area contributed by atoms with E-state index in [0.717, 1.165) is 37.3 Å². The van der Waals surface area contributed by atoms with Crippen LogP contribution in [-0.2, 0) is 6.42 Å². The summed E-state index contributed by atoms with van der Waals surface area (Å²) in [6, 6.07) is 3.98. The van der Waals surface area contributed by atoms with Crippen molar-refractivity contribution in [3.05, 3.63) is 23.3 Å². The molecular formula is C15H25NO2. The van der Waals surface area contributed by atoms with Crippen LogP contribution in [0.5, 0.6) is 11.5 Å². The molecule has 102 valence electrons. The maximum atomic E-state index is 5.56. The third-order valence-electron chi connectivity index (χ3n) is 3.17. The predicted molar refractivity (Wildman–Crippen MR) is 75.6 cm³/mol. The quantitative estimate of drug-likeness (QED) is 0.757. The lowest BCUT2D eigenvalue weighted by molar-refractivity contribution is 0.391. The molecule has 0 saturated heterocycles. The fourth-order valence-electron chi connectivity index (χ4n) is 2.33. The van der Waals surface area contributed by atoms with E-state index in [1.165, 1.54) is 11.1 Å². The van der Waals surface area contributed by atoms with Gasteiger partial charge in [0.2, 0.25) is 0 Å². The van der Waals surface area contributed by atoms with Gasteiger partial charge in [-0.25, -0.2) is 0 Å². The fourth-order valence-corrected chi connectivity index (χ4v) is 2.33. The lowest BCUT2D eigenvalue weighted by atomic mass is 9.92. The molecular weight excluding hydrogens is 226 g/mol. The van der Waals surface area contributed by atoms with Crippen molar-refractivity contribution in [2.75, 3.05) is 20.8 Å². The van der Waals surface area contributed by atoms with Crippen LogP contribution in [0.25, 0.3) is 0 Å². The molecule has 0 unspecified atom stereocenters. The van der Waals surface area contributed by atoms with Crippen LogP contribution >= 0.6 is 0 Å². The van der Waals surface area contributed by atoms with Crippen molar-refractivity contribution in [2.45, 2.75) is 39.0 Å². The normalized spacial score (nSPS) is 10.8. The maximum absolute atomic E-state index is 5.56. The van der Waals surface area contributed by atoms with Crippen molar-refractivity contribution in [3.8, 4) is 11.5 Å². The molecule has 0 amide bonds. The van der Waals surface area contributed by atoms with E-state index in [4.69, 9.17) is 15.2 Å². The van der Waals surface area contributed by atoms with Crippen LogP contribution in [0.15, 0.2) is 12.1 Å². The summed E-state index contributed by atoms with van der Waals surface area (Å²) in [6.07, 6.45) is 3.11. The summed E-state index contributed by atoms with van der Waals surface area (Å²) < 4.78 is 11.0. The number of hydrogen-bond acceptors (Lipinski definition) is 3. The third kappa shape index (κ3) is 3.39. The standard InChI is InChI=1S/C15H25NO2/c1-11(2)15-12(7-5-6-10-16)13(17-3)8-9-14(15)18-4/h8-9,11H,5-7,10,16H2,1-4H3. The van der Waals surface area contributed by atoms with E-state index in [-0.39, 0.29) is 0 Å². The van der Waals surface area contributed by atoms with E-state index in [1.54, 1.807) is 14.2 Å². The number of unbranched alkanes of at least 4 members (excludes halogenated alkanes) is 1. The van der Waals surface area contributed by atoms with Gasteiger partial charge in [0.05, 0.1) is 14.2 Å². The molecule has 0 aliphatic carbocycles. The van der Waals surface area contributed by atoms with Crippen molar-refractivity contribution >= 4 is 0 Å². The monoisotopic (exact) mass is 251 g/mol. The van der Waals surface area contributed by atoms with Crippen LogP contribution in [0.4, 0.5) is 0 Å². The molecule has 1 rings (SSSR count). The van der Waals surface area contributed by atoms with E-state index in [2.05, 4.69) is 13.8 Å². The number of rotatable bonds is 7. The van der Waals surface area contributed by atoms with Gasteiger partial charge in [-0.3, -0.25) is 0 Å². The average molecular weight is 251 g/mol. The molecule has 0 atom stereocenters. The van der Waals surface area contributed by atoms with Crippen LogP contribution < -0.4 is 15.2 Å². The minimum absolute atomic E-state index is 0.419. The summed E-state index contributed by atoms with van der Waals surface area (Å²) >= 11 is 0. The van der Waals surface area contributed by atoms with E-state index in [0.29, 0.717) is 5.92 Å². The van der Waals surface area contributed by atoms with E-state index in [1.807, 2.05) is 12.1 Å². The van der Waals surface area contributed by atoms with Gasteiger partial charge in [0.15, 0.2) is 0 Å². The van der Waals surface area contributed by atoms with E-state index >= 15 is 0 Å². The smallest absolute Gasteiger partial charge is 0.122 e. The topological polar surface area (TPSA) is 44.5 Å². The lowest BCUT2D eigenvalue weighted by Crippen LogP contribution is -2.05. The van der Waals surface area contributed by atoms with Gasteiger partial charge in [-0.05, 0) is 43.9 Å². The molecule has 0 aromatic heterocycles. The summed E-state index contributed by atoms with van der Waals surface area (Å²) in [6.45, 7) is 5.11. The molecule has 1 aromatic rings. The Kier molecular flexibility index (Phi) is 5.99. The Morgan fingerprint density at radius 3 is 2.17 bits per heavy atom. The molecule has 3 nitrogen and oxygen atoms in total. The minimum Gasteiger partial charge on any atom is -0.496 e. The van der Waals surface area contributed by atoms with E-state index in [9.17, 15) is 0 Å². The Hall–Kier alpha value is -1.22. The van der Waals surface area contributed by atoms with Gasteiger partial charge < -0.3 is 15.2 Å². The molecule has 2 N–H and O–H groups in total. The van der Waals surface area contributed by atoms with Crippen LogP contribution in [-0.4, -0.2) is 20.8 Å². The largest absolute Gasteiger partial charge is 0.496 e. The van der Waals surface area contributed by atoms with Gasteiger partial charge in [0.1, 0.15) is 11.5 Å². The number of ether oxygens (including phenoxy) is 2. The Morgan fingerprint density at radius 1 is 1.06 bits per heavy atom. The maximum Gasteiger partial charge on any atom is 0.122 e. The zero-order chi connectivity index (χ0) is 13.5. The molecule has 0 bridgehead atoms. The second kappa shape index (κ2) is 7.27. The molecule has 0 spiro atoms. The molecule has 0 saturated carbocycles. The minimum atomic E-state index is 0.419. The van der Waals surface area contributed by atoms with Crippen LogP contribution in [0.1, 0.15) is 43.7 Å². The highest BCUT2D eigenvalue weighted by atomic mass is 16.5. The molecule has 18 heavy (non-hydrogen) atoms. The first-order valence-corrected chi connectivity index (χ1v) is 6.59. The summed E-state index contributed by atoms with van der Waals surface area (Å²) in [7, 11) is 3.44. The van der Waals surface area contributed by atoms with Crippen LogP contribution in [0, 0.1) is 0 Å².